The Balaban J connectivity index is 1.83. The van der Waals surface area contributed by atoms with E-state index >= 15 is 0 Å². The Labute approximate surface area is 161 Å². The molecule has 1 aliphatic heterocycles. The predicted molar refractivity (Wildman–Crippen MR) is 107 cm³/mol. The van der Waals surface area contributed by atoms with Crippen LogP contribution in [0.4, 0.5) is 0 Å². The van der Waals surface area contributed by atoms with Crippen molar-refractivity contribution >= 4 is 5.97 Å². The zero-order chi connectivity index (χ0) is 19.7. The van der Waals surface area contributed by atoms with Gasteiger partial charge in [0.05, 0.1) is 12.2 Å². The summed E-state index contributed by atoms with van der Waals surface area (Å²) in [6, 6.07) is 13.3. The van der Waals surface area contributed by atoms with Gasteiger partial charge in [0, 0.05) is 16.7 Å². The summed E-state index contributed by atoms with van der Waals surface area (Å²) in [5.74, 6) is 6.95. The van der Waals surface area contributed by atoms with Crippen molar-refractivity contribution < 1.29 is 14.3 Å². The van der Waals surface area contributed by atoms with E-state index in [9.17, 15) is 4.79 Å². The number of hydrogen-bond donors (Lipinski definition) is 0. The number of ether oxygens (including phenoxy) is 2. The van der Waals surface area contributed by atoms with E-state index in [0.29, 0.717) is 12.2 Å². The largest absolute Gasteiger partial charge is 0.487 e. The van der Waals surface area contributed by atoms with Crippen LogP contribution in [0.5, 0.6) is 5.75 Å². The lowest BCUT2D eigenvalue weighted by Crippen LogP contribution is -2.41. The number of esters is 1. The van der Waals surface area contributed by atoms with Gasteiger partial charge in [0.1, 0.15) is 11.4 Å². The quantitative estimate of drug-likeness (QED) is 0.551. The number of benzene rings is 2. The number of carbonyl (C=O) groups excluding carboxylic acids is 1. The number of carbonyl (C=O) groups is 1. The van der Waals surface area contributed by atoms with Gasteiger partial charge in [-0.1, -0.05) is 31.8 Å². The minimum atomic E-state index is -0.311. The summed E-state index contributed by atoms with van der Waals surface area (Å²) in [5.41, 5.74) is 3.41. The fraction of sp³-hybridized carbons (Fsp3) is 0.375. The van der Waals surface area contributed by atoms with Crippen molar-refractivity contribution in [1.29, 1.82) is 0 Å². The normalized spacial score (nSPS) is 16.3. The monoisotopic (exact) mass is 362 g/mol. The molecular formula is C24H26O3. The van der Waals surface area contributed by atoms with Gasteiger partial charge in [0.15, 0.2) is 0 Å². The Morgan fingerprint density at radius 2 is 1.67 bits per heavy atom. The highest BCUT2D eigenvalue weighted by molar-refractivity contribution is 5.89. The highest BCUT2D eigenvalue weighted by atomic mass is 16.5. The first-order valence-electron chi connectivity index (χ1n) is 9.33. The van der Waals surface area contributed by atoms with Gasteiger partial charge in [-0.25, -0.2) is 4.79 Å². The third-order valence-electron chi connectivity index (χ3n) is 4.71. The highest BCUT2D eigenvalue weighted by Crippen LogP contribution is 2.44. The second-order valence-corrected chi connectivity index (χ2v) is 8.18. The molecule has 0 aromatic heterocycles. The number of rotatable bonds is 2. The van der Waals surface area contributed by atoms with Crippen molar-refractivity contribution in [2.45, 2.75) is 52.1 Å². The predicted octanol–water partition coefficient (Wildman–Crippen LogP) is 5.10. The smallest absolute Gasteiger partial charge is 0.338 e. The molecule has 3 nitrogen and oxygen atoms in total. The Hall–Kier alpha value is -2.73. The van der Waals surface area contributed by atoms with E-state index in [-0.39, 0.29) is 17.0 Å². The molecule has 0 unspecified atom stereocenters. The molecule has 0 saturated heterocycles. The first-order chi connectivity index (χ1) is 12.7. The van der Waals surface area contributed by atoms with Crippen LogP contribution in [0, 0.1) is 11.8 Å². The maximum Gasteiger partial charge on any atom is 0.338 e. The summed E-state index contributed by atoms with van der Waals surface area (Å²) in [6.07, 6.45) is 0.977. The first-order valence-corrected chi connectivity index (χ1v) is 9.33. The van der Waals surface area contributed by atoms with Gasteiger partial charge < -0.3 is 9.47 Å². The van der Waals surface area contributed by atoms with Gasteiger partial charge in [-0.3, -0.25) is 0 Å². The summed E-state index contributed by atoms with van der Waals surface area (Å²) in [4.78, 5) is 11.7. The first kappa shape index (κ1) is 19.0. The molecule has 3 rings (SSSR count). The molecule has 0 radical (unpaired) electrons. The van der Waals surface area contributed by atoms with E-state index in [1.165, 1.54) is 5.56 Å². The molecule has 1 heterocycles. The molecular weight excluding hydrogens is 336 g/mol. The SMILES string of the molecule is CCOC(=O)c1ccc(C#Cc2ccc3c(c2)OC(C)(C)CC3(C)C)cc1. The molecule has 140 valence electrons. The molecule has 0 bridgehead atoms. The van der Waals surface area contributed by atoms with Crippen molar-refractivity contribution in [1.82, 2.24) is 0 Å². The van der Waals surface area contributed by atoms with E-state index in [4.69, 9.17) is 9.47 Å². The zero-order valence-corrected chi connectivity index (χ0v) is 16.7. The summed E-state index contributed by atoms with van der Waals surface area (Å²) in [5, 5.41) is 0. The maximum absolute atomic E-state index is 11.7. The average molecular weight is 362 g/mol. The average Bonchev–Trinajstić information content (AvgIpc) is 2.58. The molecule has 2 aromatic rings. The minimum absolute atomic E-state index is 0.0754. The lowest BCUT2D eigenvalue weighted by Gasteiger charge is -2.42. The van der Waals surface area contributed by atoms with E-state index in [1.54, 1.807) is 19.1 Å². The molecule has 0 fully saturated rings. The van der Waals surface area contributed by atoms with Gasteiger partial charge in [-0.15, -0.1) is 0 Å². The van der Waals surface area contributed by atoms with Crippen molar-refractivity contribution in [3.8, 4) is 17.6 Å². The maximum atomic E-state index is 11.7. The van der Waals surface area contributed by atoms with Crippen LogP contribution < -0.4 is 4.74 Å². The van der Waals surface area contributed by atoms with Gasteiger partial charge in [-0.05, 0) is 69.0 Å². The fourth-order valence-electron chi connectivity index (χ4n) is 3.79. The Morgan fingerprint density at radius 3 is 2.33 bits per heavy atom. The van der Waals surface area contributed by atoms with Crippen LogP contribution >= 0.6 is 0 Å². The fourth-order valence-corrected chi connectivity index (χ4v) is 3.79. The molecule has 0 aliphatic carbocycles. The van der Waals surface area contributed by atoms with Crippen LogP contribution in [0.15, 0.2) is 42.5 Å². The Kier molecular flexibility index (Phi) is 5.02. The summed E-state index contributed by atoms with van der Waals surface area (Å²) in [6.45, 7) is 10.9. The Bertz CT molecular complexity index is 909. The lowest BCUT2D eigenvalue weighted by molar-refractivity contribution is 0.0522. The van der Waals surface area contributed by atoms with Gasteiger partial charge in [-0.2, -0.15) is 0 Å². The molecule has 0 saturated carbocycles. The van der Waals surface area contributed by atoms with E-state index in [1.807, 2.05) is 24.3 Å². The van der Waals surface area contributed by atoms with Crippen molar-refractivity contribution in [2.75, 3.05) is 6.61 Å². The molecule has 0 amide bonds. The van der Waals surface area contributed by atoms with E-state index < -0.39 is 0 Å². The van der Waals surface area contributed by atoms with Crippen molar-refractivity contribution in [3.05, 3.63) is 64.7 Å². The van der Waals surface area contributed by atoms with Gasteiger partial charge in [0.25, 0.3) is 0 Å². The van der Waals surface area contributed by atoms with E-state index in [2.05, 4.69) is 45.6 Å². The molecule has 0 atom stereocenters. The highest BCUT2D eigenvalue weighted by Gasteiger charge is 2.38. The summed E-state index contributed by atoms with van der Waals surface area (Å²) >= 11 is 0. The standard InChI is InChI=1S/C24H26O3/c1-6-26-22(25)19-12-9-17(10-13-19)7-8-18-11-14-20-21(15-18)27-24(4,5)16-23(20,2)3/h9-15H,6,16H2,1-5H3. The lowest BCUT2D eigenvalue weighted by atomic mass is 9.73. The second-order valence-electron chi connectivity index (χ2n) is 8.18. The summed E-state index contributed by atoms with van der Waals surface area (Å²) < 4.78 is 11.2. The molecule has 27 heavy (non-hydrogen) atoms. The number of fused-ring (bicyclic) bond motifs is 1. The van der Waals surface area contributed by atoms with Crippen molar-refractivity contribution in [2.24, 2.45) is 0 Å². The number of hydrogen-bond acceptors (Lipinski definition) is 3. The third kappa shape index (κ3) is 4.34. The van der Waals surface area contributed by atoms with Crippen LogP contribution in [0.2, 0.25) is 0 Å². The zero-order valence-electron chi connectivity index (χ0n) is 16.7. The third-order valence-corrected chi connectivity index (χ3v) is 4.71. The second kappa shape index (κ2) is 7.12. The molecule has 0 spiro atoms. The minimum Gasteiger partial charge on any atom is -0.487 e. The molecule has 3 heteroatoms. The summed E-state index contributed by atoms with van der Waals surface area (Å²) in [7, 11) is 0. The van der Waals surface area contributed by atoms with Crippen LogP contribution in [0.3, 0.4) is 0 Å². The van der Waals surface area contributed by atoms with E-state index in [0.717, 1.165) is 23.3 Å². The molecule has 2 aromatic carbocycles. The van der Waals surface area contributed by atoms with Crippen LogP contribution in [-0.2, 0) is 10.2 Å². The topological polar surface area (TPSA) is 35.5 Å². The Morgan fingerprint density at radius 1 is 1.04 bits per heavy atom. The van der Waals surface area contributed by atoms with Crippen LogP contribution in [-0.4, -0.2) is 18.2 Å². The van der Waals surface area contributed by atoms with Crippen LogP contribution in [0.25, 0.3) is 0 Å². The van der Waals surface area contributed by atoms with Crippen molar-refractivity contribution in [3.63, 3.8) is 0 Å². The molecule has 1 aliphatic rings. The van der Waals surface area contributed by atoms with Crippen LogP contribution in [0.1, 0.15) is 68.1 Å². The van der Waals surface area contributed by atoms with Gasteiger partial charge >= 0.3 is 5.97 Å². The molecule has 0 N–H and O–H groups in total. The van der Waals surface area contributed by atoms with Gasteiger partial charge in [0.2, 0.25) is 0 Å².